The van der Waals surface area contributed by atoms with Crippen LogP contribution in [0.2, 0.25) is 0 Å². The average molecular weight is 415 g/mol. The van der Waals surface area contributed by atoms with Gasteiger partial charge in [0.2, 0.25) is 0 Å². The van der Waals surface area contributed by atoms with Gasteiger partial charge < -0.3 is 5.11 Å². The van der Waals surface area contributed by atoms with Crippen LogP contribution < -0.4 is 0 Å². The van der Waals surface area contributed by atoms with Crippen molar-refractivity contribution in [3.63, 3.8) is 0 Å². The van der Waals surface area contributed by atoms with Crippen molar-refractivity contribution in [3.05, 3.63) is 35.9 Å². The summed E-state index contributed by atoms with van der Waals surface area (Å²) < 4.78 is -0.619. The van der Waals surface area contributed by atoms with E-state index in [2.05, 4.69) is 47.8 Å². The van der Waals surface area contributed by atoms with Crippen LogP contribution in [0, 0.1) is 5.92 Å². The van der Waals surface area contributed by atoms with Crippen molar-refractivity contribution < 1.29 is 9.90 Å². The second-order valence-corrected chi connectivity index (χ2v) is 10.5. The fourth-order valence-electron chi connectivity index (χ4n) is 1.56. The summed E-state index contributed by atoms with van der Waals surface area (Å²) in [6.07, 6.45) is 0. The fraction of sp³-hybridized carbons (Fsp3) is 0.364. The van der Waals surface area contributed by atoms with Gasteiger partial charge in [-0.15, -0.1) is 0 Å². The normalized spacial score (nSPS) is 15.5. The zero-order valence-corrected chi connectivity index (χ0v) is 13.3. The fourth-order valence-corrected chi connectivity index (χ4v) is 3.55. The molecule has 2 nitrogen and oxygen atoms in total. The van der Waals surface area contributed by atoms with Crippen molar-refractivity contribution in [3.8, 4) is 0 Å². The minimum Gasteiger partial charge on any atom is -0.481 e. The molecule has 2 atom stereocenters. The van der Waals surface area contributed by atoms with E-state index < -0.39 is 14.0 Å². The first-order chi connectivity index (χ1) is 7.34. The van der Waals surface area contributed by atoms with Crippen molar-refractivity contribution in [1.82, 2.24) is 0 Å². The third-order valence-electron chi connectivity index (χ3n) is 2.40. The van der Waals surface area contributed by atoms with Gasteiger partial charge in [-0.2, -0.15) is 0 Å². The first-order valence-electron chi connectivity index (χ1n) is 4.68. The van der Waals surface area contributed by atoms with Gasteiger partial charge in [-0.25, -0.2) is 0 Å². The van der Waals surface area contributed by atoms with Crippen LogP contribution in [-0.4, -0.2) is 13.2 Å². The minimum atomic E-state index is -0.823. The van der Waals surface area contributed by atoms with E-state index >= 15 is 0 Å². The molecule has 88 valence electrons. The highest BCUT2D eigenvalue weighted by Crippen LogP contribution is 2.50. The Labute approximate surface area is 120 Å². The van der Waals surface area contributed by atoms with Crippen LogP contribution in [0.3, 0.4) is 0 Å². The second-order valence-electron chi connectivity index (χ2n) is 3.56. The third-order valence-corrected chi connectivity index (χ3v) is 3.88. The predicted molar refractivity (Wildman–Crippen MR) is 75.5 cm³/mol. The average Bonchev–Trinajstić information content (AvgIpc) is 2.17. The molecule has 2 unspecified atom stereocenters. The number of carboxylic acids is 1. The Morgan fingerprint density at radius 3 is 2.12 bits per heavy atom. The van der Waals surface area contributed by atoms with Crippen molar-refractivity contribution in [2.24, 2.45) is 5.92 Å². The molecule has 1 aromatic rings. The predicted octanol–water partition coefficient (Wildman–Crippen LogP) is 4.33. The molecule has 0 saturated carbocycles. The van der Waals surface area contributed by atoms with E-state index in [9.17, 15) is 4.79 Å². The van der Waals surface area contributed by atoms with Crippen molar-refractivity contribution >= 4 is 53.8 Å². The van der Waals surface area contributed by atoms with E-state index in [1.807, 2.05) is 30.3 Å². The van der Waals surface area contributed by atoms with E-state index in [4.69, 9.17) is 5.11 Å². The van der Waals surface area contributed by atoms with Crippen LogP contribution in [0.4, 0.5) is 0 Å². The van der Waals surface area contributed by atoms with Gasteiger partial charge in [0.05, 0.1) is 5.92 Å². The standard InChI is InChI=1S/C11H11Br3O2/c1-7(10(15)16)9(11(12,13)14)8-5-3-2-4-6-8/h2-7,9H,1H3,(H,15,16). The van der Waals surface area contributed by atoms with Gasteiger partial charge in [-0.05, 0) is 5.56 Å². The van der Waals surface area contributed by atoms with Crippen LogP contribution >= 0.6 is 47.8 Å². The number of hydrogen-bond acceptors (Lipinski definition) is 1. The lowest BCUT2D eigenvalue weighted by Crippen LogP contribution is -2.28. The highest BCUT2D eigenvalue weighted by Gasteiger charge is 2.39. The summed E-state index contributed by atoms with van der Waals surface area (Å²) in [6, 6.07) is 9.54. The molecule has 16 heavy (non-hydrogen) atoms. The summed E-state index contributed by atoms with van der Waals surface area (Å²) in [4.78, 5) is 11.1. The molecule has 0 aromatic heterocycles. The maximum Gasteiger partial charge on any atom is 0.306 e. The molecule has 0 amide bonds. The smallest absolute Gasteiger partial charge is 0.306 e. The molecule has 1 rings (SSSR count). The molecule has 0 spiro atoms. The number of benzene rings is 1. The van der Waals surface area contributed by atoms with Gasteiger partial charge in [0, 0.05) is 5.92 Å². The highest BCUT2D eigenvalue weighted by molar-refractivity contribution is 9.39. The molecule has 1 N–H and O–H groups in total. The lowest BCUT2D eigenvalue weighted by atomic mass is 9.89. The summed E-state index contributed by atoms with van der Waals surface area (Å²) in [7, 11) is 0. The maximum atomic E-state index is 11.1. The third kappa shape index (κ3) is 3.57. The maximum absolute atomic E-state index is 11.1. The van der Waals surface area contributed by atoms with Crippen LogP contribution in [0.15, 0.2) is 30.3 Å². The van der Waals surface area contributed by atoms with E-state index in [-0.39, 0.29) is 5.92 Å². The highest BCUT2D eigenvalue weighted by atomic mass is 80.0. The van der Waals surface area contributed by atoms with Gasteiger partial charge in [0.25, 0.3) is 0 Å². The number of alkyl halides is 3. The Morgan fingerprint density at radius 1 is 1.25 bits per heavy atom. The number of halogens is 3. The molecule has 0 aliphatic carbocycles. The summed E-state index contributed by atoms with van der Waals surface area (Å²) in [6.45, 7) is 1.69. The van der Waals surface area contributed by atoms with E-state index in [0.717, 1.165) is 5.56 Å². The van der Waals surface area contributed by atoms with Gasteiger partial charge in [0.15, 0.2) is 0 Å². The Morgan fingerprint density at radius 2 is 1.75 bits per heavy atom. The Bertz CT molecular complexity index is 359. The molecular weight excluding hydrogens is 404 g/mol. The molecular formula is C11H11Br3O2. The molecule has 5 heteroatoms. The summed E-state index contributed by atoms with van der Waals surface area (Å²) in [5.74, 6) is -1.55. The van der Waals surface area contributed by atoms with Crippen molar-refractivity contribution in [2.45, 2.75) is 15.0 Å². The minimum absolute atomic E-state index is 0.216. The quantitative estimate of drug-likeness (QED) is 0.747. The van der Waals surface area contributed by atoms with Crippen molar-refractivity contribution in [1.29, 1.82) is 0 Å². The Hall–Kier alpha value is 0.130. The van der Waals surface area contributed by atoms with Crippen LogP contribution in [0.25, 0.3) is 0 Å². The monoisotopic (exact) mass is 412 g/mol. The summed E-state index contributed by atoms with van der Waals surface area (Å²) in [5, 5.41) is 9.11. The van der Waals surface area contributed by atoms with Gasteiger partial charge in [-0.3, -0.25) is 4.79 Å². The first-order valence-corrected chi connectivity index (χ1v) is 7.06. The van der Waals surface area contributed by atoms with Crippen molar-refractivity contribution in [2.75, 3.05) is 0 Å². The Kier molecular flexibility index (Phi) is 5.01. The number of aliphatic carboxylic acids is 1. The lowest BCUT2D eigenvalue weighted by Gasteiger charge is -2.29. The van der Waals surface area contributed by atoms with Crippen LogP contribution in [0.5, 0.6) is 0 Å². The van der Waals surface area contributed by atoms with E-state index in [1.54, 1.807) is 6.92 Å². The lowest BCUT2D eigenvalue weighted by molar-refractivity contribution is -0.141. The number of carbonyl (C=O) groups is 1. The topological polar surface area (TPSA) is 37.3 Å². The number of hydrogen-bond donors (Lipinski definition) is 1. The zero-order chi connectivity index (χ0) is 12.3. The first kappa shape index (κ1) is 14.2. The van der Waals surface area contributed by atoms with E-state index in [1.165, 1.54) is 0 Å². The molecule has 1 aromatic carbocycles. The van der Waals surface area contributed by atoms with Gasteiger partial charge >= 0.3 is 5.97 Å². The molecule has 0 saturated heterocycles. The SMILES string of the molecule is CC(C(=O)O)C(c1ccccc1)C(Br)(Br)Br. The molecule has 0 aliphatic heterocycles. The second kappa shape index (κ2) is 5.65. The van der Waals surface area contributed by atoms with E-state index in [0.29, 0.717) is 0 Å². The van der Waals surface area contributed by atoms with Gasteiger partial charge in [0.1, 0.15) is 2.14 Å². The largest absolute Gasteiger partial charge is 0.481 e. The molecule has 0 bridgehead atoms. The van der Waals surface area contributed by atoms with Crippen LogP contribution in [0.1, 0.15) is 18.4 Å². The molecule has 0 fully saturated rings. The molecule has 0 aliphatic rings. The van der Waals surface area contributed by atoms with Gasteiger partial charge in [-0.1, -0.05) is 85.0 Å². The number of carboxylic acid groups (broad SMARTS) is 1. The zero-order valence-electron chi connectivity index (χ0n) is 8.53. The molecule has 0 radical (unpaired) electrons. The Balaban J connectivity index is 3.12. The number of rotatable bonds is 3. The molecule has 0 heterocycles. The summed E-state index contributed by atoms with van der Waals surface area (Å²) in [5.41, 5.74) is 0.961. The van der Waals surface area contributed by atoms with Crippen LogP contribution in [-0.2, 0) is 4.79 Å². The summed E-state index contributed by atoms with van der Waals surface area (Å²) >= 11 is 10.3.